The summed E-state index contributed by atoms with van der Waals surface area (Å²) in [4.78, 5) is 14.8. The second-order valence-corrected chi connectivity index (χ2v) is 7.01. The van der Waals surface area contributed by atoms with Crippen molar-refractivity contribution >= 4 is 27.7 Å². The van der Waals surface area contributed by atoms with Gasteiger partial charge in [-0.15, -0.1) is 0 Å². The summed E-state index contributed by atoms with van der Waals surface area (Å²) in [7, 11) is 0. The van der Waals surface area contributed by atoms with Crippen LogP contribution in [0, 0.1) is 0 Å². The lowest BCUT2D eigenvalue weighted by Crippen LogP contribution is -2.34. The third-order valence-electron chi connectivity index (χ3n) is 4.47. The standard InChI is InChI=1S/C18H13BrF3N5/c19-14-9-12(4-6-24-14)17(10-27-7-5-15(23)25-16(27)26-17)11-2-1-3-13(8-11)18(20,21)22/h1-9H,10H2,(H2,23,25,26). The average Bonchev–Trinajstić information content (AvgIpc) is 3.01. The van der Waals surface area contributed by atoms with Gasteiger partial charge in [0.2, 0.25) is 5.96 Å². The molecule has 2 aromatic rings. The molecule has 0 amide bonds. The Kier molecular flexibility index (Phi) is 4.06. The lowest BCUT2D eigenvalue weighted by atomic mass is 9.83. The van der Waals surface area contributed by atoms with E-state index in [0.717, 1.165) is 12.1 Å². The number of aromatic nitrogens is 1. The van der Waals surface area contributed by atoms with Gasteiger partial charge in [0, 0.05) is 12.4 Å². The van der Waals surface area contributed by atoms with Crippen LogP contribution in [0.5, 0.6) is 0 Å². The highest BCUT2D eigenvalue weighted by atomic mass is 79.9. The van der Waals surface area contributed by atoms with Crippen molar-refractivity contribution < 1.29 is 13.2 Å². The third-order valence-corrected chi connectivity index (χ3v) is 4.91. The van der Waals surface area contributed by atoms with Crippen LogP contribution in [0.15, 0.2) is 69.5 Å². The number of rotatable bonds is 2. The molecule has 2 aliphatic rings. The van der Waals surface area contributed by atoms with Crippen molar-refractivity contribution in [3.05, 3.63) is 76.2 Å². The highest BCUT2D eigenvalue weighted by molar-refractivity contribution is 9.10. The fourth-order valence-corrected chi connectivity index (χ4v) is 3.57. The highest BCUT2D eigenvalue weighted by Crippen LogP contribution is 2.42. The summed E-state index contributed by atoms with van der Waals surface area (Å²) in [6, 6.07) is 8.70. The molecule has 0 aliphatic carbocycles. The first kappa shape index (κ1) is 17.7. The largest absolute Gasteiger partial charge is 0.416 e. The lowest BCUT2D eigenvalue weighted by molar-refractivity contribution is -0.137. The number of guanidine groups is 1. The van der Waals surface area contributed by atoms with Gasteiger partial charge in [-0.3, -0.25) is 0 Å². The molecule has 2 aliphatic heterocycles. The summed E-state index contributed by atoms with van der Waals surface area (Å²) in [6.07, 6.45) is 0.494. The van der Waals surface area contributed by atoms with E-state index in [4.69, 9.17) is 10.7 Å². The zero-order valence-electron chi connectivity index (χ0n) is 13.8. The normalized spacial score (nSPS) is 21.7. The molecule has 4 rings (SSSR count). The molecule has 0 radical (unpaired) electrons. The minimum atomic E-state index is -4.45. The van der Waals surface area contributed by atoms with Crippen molar-refractivity contribution in [2.75, 3.05) is 6.54 Å². The molecule has 27 heavy (non-hydrogen) atoms. The van der Waals surface area contributed by atoms with Crippen LogP contribution in [0.3, 0.4) is 0 Å². The second kappa shape index (κ2) is 6.19. The number of hydrogen-bond donors (Lipinski definition) is 1. The van der Waals surface area contributed by atoms with E-state index in [1.165, 1.54) is 6.07 Å². The summed E-state index contributed by atoms with van der Waals surface area (Å²) < 4.78 is 40.4. The maximum absolute atomic E-state index is 13.3. The van der Waals surface area contributed by atoms with Crippen LogP contribution in [-0.4, -0.2) is 28.2 Å². The first-order valence-corrected chi connectivity index (χ1v) is 8.76. The first-order valence-electron chi connectivity index (χ1n) is 7.97. The second-order valence-electron chi connectivity index (χ2n) is 6.20. The van der Waals surface area contributed by atoms with Crippen molar-refractivity contribution in [1.29, 1.82) is 0 Å². The SMILES string of the molecule is NC1=NC2=NC(c3cccc(C(F)(F)F)c3)(c3ccnc(Br)c3)CN2C=C1. The van der Waals surface area contributed by atoms with Gasteiger partial charge in [0.15, 0.2) is 0 Å². The molecule has 2 N–H and O–H groups in total. The van der Waals surface area contributed by atoms with Gasteiger partial charge in [-0.1, -0.05) is 12.1 Å². The summed E-state index contributed by atoms with van der Waals surface area (Å²) >= 11 is 3.32. The van der Waals surface area contributed by atoms with Gasteiger partial charge >= 0.3 is 6.18 Å². The van der Waals surface area contributed by atoms with Crippen LogP contribution in [0.4, 0.5) is 13.2 Å². The first-order chi connectivity index (χ1) is 12.8. The van der Waals surface area contributed by atoms with Crippen molar-refractivity contribution in [1.82, 2.24) is 9.88 Å². The Labute approximate surface area is 161 Å². The molecule has 0 saturated carbocycles. The number of benzene rings is 1. The van der Waals surface area contributed by atoms with E-state index < -0.39 is 17.3 Å². The van der Waals surface area contributed by atoms with Crippen LogP contribution in [0.25, 0.3) is 0 Å². The van der Waals surface area contributed by atoms with Crippen molar-refractivity contribution in [2.45, 2.75) is 11.7 Å². The molecule has 3 heterocycles. The number of alkyl halides is 3. The molecule has 1 aromatic carbocycles. The van der Waals surface area contributed by atoms with E-state index >= 15 is 0 Å². The number of fused-ring (bicyclic) bond motifs is 1. The van der Waals surface area contributed by atoms with Gasteiger partial charge in [0.25, 0.3) is 0 Å². The third kappa shape index (κ3) is 3.12. The minimum absolute atomic E-state index is 0.292. The van der Waals surface area contributed by atoms with Crippen LogP contribution >= 0.6 is 15.9 Å². The summed E-state index contributed by atoms with van der Waals surface area (Å²) in [6.45, 7) is 0.299. The minimum Gasteiger partial charge on any atom is -0.384 e. The molecule has 0 bridgehead atoms. The Morgan fingerprint density at radius 3 is 2.67 bits per heavy atom. The number of amidine groups is 1. The molecule has 9 heteroatoms. The molecule has 1 unspecified atom stereocenters. The topological polar surface area (TPSA) is 66.9 Å². The molecule has 1 atom stereocenters. The van der Waals surface area contributed by atoms with Gasteiger partial charge in [-0.2, -0.15) is 18.2 Å². The monoisotopic (exact) mass is 435 g/mol. The maximum atomic E-state index is 13.3. The van der Waals surface area contributed by atoms with Gasteiger partial charge < -0.3 is 10.6 Å². The summed E-state index contributed by atoms with van der Waals surface area (Å²) in [5, 5.41) is 0. The fraction of sp³-hybridized carbons (Fsp3) is 0.167. The van der Waals surface area contributed by atoms with E-state index in [2.05, 4.69) is 25.9 Å². The highest BCUT2D eigenvalue weighted by Gasteiger charge is 2.44. The summed E-state index contributed by atoms with van der Waals surface area (Å²) in [5.41, 5.74) is 5.07. The van der Waals surface area contributed by atoms with Crippen LogP contribution in [0.1, 0.15) is 16.7 Å². The van der Waals surface area contributed by atoms with Crippen molar-refractivity contribution in [3.63, 3.8) is 0 Å². The molecule has 138 valence electrons. The Balaban J connectivity index is 1.93. The molecular formula is C18H13BrF3N5. The predicted octanol–water partition coefficient (Wildman–Crippen LogP) is 3.66. The van der Waals surface area contributed by atoms with Gasteiger partial charge in [-0.05, 0) is 57.4 Å². The quantitative estimate of drug-likeness (QED) is 0.731. The Hall–Kier alpha value is -2.68. The van der Waals surface area contributed by atoms with Gasteiger partial charge in [-0.25, -0.2) is 9.98 Å². The van der Waals surface area contributed by atoms with E-state index in [1.807, 2.05) is 0 Å². The van der Waals surface area contributed by atoms with E-state index in [1.54, 1.807) is 41.6 Å². The van der Waals surface area contributed by atoms with E-state index in [0.29, 0.717) is 34.1 Å². The zero-order valence-corrected chi connectivity index (χ0v) is 15.4. The maximum Gasteiger partial charge on any atom is 0.416 e. The van der Waals surface area contributed by atoms with Crippen LogP contribution in [-0.2, 0) is 11.7 Å². The van der Waals surface area contributed by atoms with E-state index in [9.17, 15) is 13.2 Å². The number of halogens is 4. The number of aliphatic imine (C=N–C) groups is 2. The van der Waals surface area contributed by atoms with Gasteiger partial charge in [0.1, 0.15) is 16.0 Å². The Morgan fingerprint density at radius 2 is 1.93 bits per heavy atom. The number of nitrogens with two attached hydrogens (primary N) is 1. The Morgan fingerprint density at radius 1 is 1.15 bits per heavy atom. The molecule has 0 saturated heterocycles. The molecule has 5 nitrogen and oxygen atoms in total. The molecule has 0 fully saturated rings. The molecular weight excluding hydrogens is 423 g/mol. The number of nitrogens with zero attached hydrogens (tertiary/aromatic N) is 4. The summed E-state index contributed by atoms with van der Waals surface area (Å²) in [5.74, 6) is 0.654. The zero-order chi connectivity index (χ0) is 19.2. The smallest absolute Gasteiger partial charge is 0.384 e. The Bertz CT molecular complexity index is 998. The molecule has 0 spiro atoms. The fourth-order valence-electron chi connectivity index (χ4n) is 3.21. The lowest BCUT2D eigenvalue weighted by Gasteiger charge is -2.29. The van der Waals surface area contributed by atoms with Crippen LogP contribution in [0.2, 0.25) is 0 Å². The van der Waals surface area contributed by atoms with Crippen molar-refractivity contribution in [3.8, 4) is 0 Å². The average molecular weight is 436 g/mol. The van der Waals surface area contributed by atoms with Gasteiger partial charge in [0.05, 0.1) is 12.1 Å². The number of pyridine rings is 1. The molecule has 1 aromatic heterocycles. The predicted molar refractivity (Wildman–Crippen MR) is 99.1 cm³/mol. The number of hydrogen-bond acceptors (Lipinski definition) is 5. The van der Waals surface area contributed by atoms with Crippen molar-refractivity contribution in [2.24, 2.45) is 15.7 Å². The van der Waals surface area contributed by atoms with Crippen LogP contribution < -0.4 is 5.73 Å². The van der Waals surface area contributed by atoms with E-state index in [-0.39, 0.29) is 0 Å².